The molecule has 1 saturated heterocycles. The number of nitrogens with two attached hydrogens (primary N) is 3. The summed E-state index contributed by atoms with van der Waals surface area (Å²) in [6.07, 6.45) is 3.26. The first kappa shape index (κ1) is 27.6. The Morgan fingerprint density at radius 3 is 2.76 bits per heavy atom. The minimum Gasteiger partial charge on any atom is -0.477 e. The predicted molar refractivity (Wildman–Crippen MR) is 146 cm³/mol. The van der Waals surface area contributed by atoms with E-state index in [1.807, 2.05) is 0 Å². The normalized spacial score (nSPS) is 19.0. The van der Waals surface area contributed by atoms with Crippen LogP contribution in [0, 0.1) is 0 Å². The Hall–Kier alpha value is -3.48. The molecule has 4 heterocycles. The fourth-order valence-electron chi connectivity index (χ4n) is 3.51. The van der Waals surface area contributed by atoms with Gasteiger partial charge in [0, 0.05) is 44.0 Å². The molecule has 2 aromatic heterocycles. The van der Waals surface area contributed by atoms with Gasteiger partial charge in [0.15, 0.2) is 16.8 Å². The van der Waals surface area contributed by atoms with E-state index in [-0.39, 0.29) is 28.2 Å². The number of hydrogen-bond donors (Lipinski definition) is 6. The number of amides is 2. The Kier molecular flexibility index (Phi) is 8.65. The first-order valence-electron chi connectivity index (χ1n) is 10.7. The molecule has 0 radical (unpaired) electrons. The van der Waals surface area contributed by atoms with Crippen LogP contribution < -0.4 is 22.5 Å². The van der Waals surface area contributed by atoms with Crippen LogP contribution in [0.2, 0.25) is 0 Å². The van der Waals surface area contributed by atoms with Gasteiger partial charge in [0.2, 0.25) is 0 Å². The molecule has 0 spiro atoms. The lowest BCUT2D eigenvalue weighted by atomic mass is 10.0. The third-order valence-corrected chi connectivity index (χ3v) is 9.57. The molecule has 0 saturated carbocycles. The van der Waals surface area contributed by atoms with Crippen molar-refractivity contribution < 1.29 is 24.7 Å². The molecule has 0 aliphatic carbocycles. The number of carboxylic acids is 1. The van der Waals surface area contributed by atoms with Gasteiger partial charge in [0.1, 0.15) is 22.8 Å². The van der Waals surface area contributed by atoms with Crippen LogP contribution in [0.4, 0.5) is 5.13 Å². The highest BCUT2D eigenvalue weighted by Gasteiger charge is 2.54. The number of oxime groups is 1. The highest BCUT2D eigenvalue weighted by atomic mass is 32.2. The van der Waals surface area contributed by atoms with Crippen LogP contribution in [0.15, 0.2) is 54.4 Å². The number of guanidine groups is 1. The summed E-state index contributed by atoms with van der Waals surface area (Å²) < 4.78 is 0. The largest absolute Gasteiger partial charge is 0.477 e. The monoisotopic (exact) mass is 595 g/mol. The van der Waals surface area contributed by atoms with Crippen molar-refractivity contribution >= 4 is 81.2 Å². The highest BCUT2D eigenvalue weighted by molar-refractivity contribution is 8.07. The van der Waals surface area contributed by atoms with Gasteiger partial charge in [-0.05, 0) is 6.07 Å². The predicted octanol–water partition coefficient (Wildman–Crippen LogP) is 0.153. The molecule has 2 atom stereocenters. The summed E-state index contributed by atoms with van der Waals surface area (Å²) in [4.78, 5) is 53.1. The first-order valence-corrected chi connectivity index (χ1v) is 14.4. The second kappa shape index (κ2) is 11.9. The van der Waals surface area contributed by atoms with Gasteiger partial charge < -0.3 is 32.8 Å². The van der Waals surface area contributed by atoms with E-state index in [2.05, 4.69) is 25.4 Å². The Morgan fingerprint density at radius 1 is 1.32 bits per heavy atom. The maximum Gasteiger partial charge on any atom is 0.353 e. The fourth-order valence-corrected chi connectivity index (χ4v) is 7.57. The molecule has 1 fully saturated rings. The van der Waals surface area contributed by atoms with E-state index in [1.54, 1.807) is 18.5 Å². The quantitative estimate of drug-likeness (QED) is 0.0409. The second-order valence-corrected chi connectivity index (χ2v) is 11.8. The van der Waals surface area contributed by atoms with Gasteiger partial charge in [-0.15, -0.1) is 34.9 Å². The molecule has 2 aromatic rings. The van der Waals surface area contributed by atoms with E-state index in [0.29, 0.717) is 17.2 Å². The van der Waals surface area contributed by atoms with Crippen LogP contribution in [-0.2, 0) is 14.4 Å². The van der Waals surface area contributed by atoms with Crippen LogP contribution in [0.5, 0.6) is 0 Å². The van der Waals surface area contributed by atoms with Crippen LogP contribution in [0.25, 0.3) is 0 Å². The number of nitrogens with one attached hydrogen (secondary N) is 1. The molecular weight excluding hydrogens is 575 g/mol. The number of aliphatic carboxylic acids is 1. The van der Waals surface area contributed by atoms with E-state index in [1.165, 1.54) is 40.7 Å². The number of aliphatic imine (C=N–C) groups is 1. The van der Waals surface area contributed by atoms with Crippen LogP contribution in [0.3, 0.4) is 0 Å². The molecule has 18 heteroatoms. The number of aromatic nitrogens is 2. The van der Waals surface area contributed by atoms with Gasteiger partial charge in [-0.2, -0.15) is 0 Å². The number of carbonyl (C=O) groups excluding carboxylic acids is 2. The molecule has 38 heavy (non-hydrogen) atoms. The number of thioether (sulfide) groups is 3. The maximum atomic E-state index is 13.0. The summed E-state index contributed by atoms with van der Waals surface area (Å²) in [6, 6.07) is 0.752. The van der Waals surface area contributed by atoms with Crippen molar-refractivity contribution in [2.45, 2.75) is 21.2 Å². The van der Waals surface area contributed by atoms with Gasteiger partial charge in [-0.1, -0.05) is 16.9 Å². The van der Waals surface area contributed by atoms with Crippen LogP contribution in [0.1, 0.15) is 5.69 Å². The third-order valence-electron chi connectivity index (χ3n) is 5.13. The average Bonchev–Trinajstić information content (AvgIpc) is 3.31. The van der Waals surface area contributed by atoms with Crippen LogP contribution in [-0.4, -0.2) is 84.1 Å². The number of rotatable bonds is 10. The molecule has 4 rings (SSSR count). The van der Waals surface area contributed by atoms with Gasteiger partial charge in [0.25, 0.3) is 11.8 Å². The number of fused-ring (bicyclic) bond motifs is 1. The number of anilines is 1. The average molecular weight is 596 g/mol. The summed E-state index contributed by atoms with van der Waals surface area (Å²) in [5, 5.41) is 25.8. The minimum atomic E-state index is -1.26. The third kappa shape index (κ3) is 5.82. The summed E-state index contributed by atoms with van der Waals surface area (Å²) in [7, 11) is 0. The molecule has 2 amide bonds. The molecular formula is C20H21N9O5S4. The molecule has 14 nitrogen and oxygen atoms in total. The summed E-state index contributed by atoms with van der Waals surface area (Å²) in [5.41, 5.74) is 15.8. The molecule has 0 aromatic carbocycles. The van der Waals surface area contributed by atoms with Gasteiger partial charge in [-0.25, -0.2) is 9.78 Å². The molecule has 0 unspecified atom stereocenters. The number of nitrogen functional groups attached to an aromatic ring is 1. The molecule has 0 bridgehead atoms. The Labute approximate surface area is 232 Å². The lowest BCUT2D eigenvalue weighted by molar-refractivity contribution is -0.150. The Bertz CT molecular complexity index is 1360. The van der Waals surface area contributed by atoms with Crippen molar-refractivity contribution in [2.24, 2.45) is 21.6 Å². The van der Waals surface area contributed by atoms with Crippen LogP contribution >= 0.6 is 46.6 Å². The number of β-lactam (4-membered cyclic amide) rings is 1. The zero-order valence-corrected chi connectivity index (χ0v) is 22.6. The number of thiazole rings is 1. The van der Waals surface area contributed by atoms with E-state index < -0.39 is 34.9 Å². The van der Waals surface area contributed by atoms with E-state index in [4.69, 9.17) is 17.2 Å². The lowest BCUT2D eigenvalue weighted by Crippen LogP contribution is -2.71. The second-order valence-electron chi connectivity index (χ2n) is 7.54. The van der Waals surface area contributed by atoms with Gasteiger partial charge >= 0.3 is 5.97 Å². The standard InChI is InChI=1S/C20H21N9O5S4/c21-19(22)25-3-4-35-10-5-24-2-1-9(10)38-11-7-36-17-13(16(31)29(17)14(11)18(32)33)27-15(30)12(28-34)8-6-37-20(23)26-8/h1-2,5-6,13,17,34H,3-4,7H2,(H2,23,26)(H,27,30)(H,32,33)(H4,21,22,25)/b28-12-/t13-,17+/m1/s1. The summed E-state index contributed by atoms with van der Waals surface area (Å²) in [5.74, 6) is -1.83. The Balaban J connectivity index is 1.49. The summed E-state index contributed by atoms with van der Waals surface area (Å²) in [6.45, 7) is 0.403. The number of nitrogens with zero attached hydrogens (tertiary/aromatic N) is 5. The molecule has 2 aliphatic heterocycles. The van der Waals surface area contributed by atoms with Gasteiger partial charge in [0.05, 0.1) is 6.54 Å². The topological polar surface area (TPSA) is 236 Å². The zero-order chi connectivity index (χ0) is 27.4. The zero-order valence-electron chi connectivity index (χ0n) is 19.3. The number of carbonyl (C=O) groups is 3. The molecule has 200 valence electrons. The van der Waals surface area contributed by atoms with Crippen molar-refractivity contribution in [3.8, 4) is 0 Å². The maximum absolute atomic E-state index is 13.0. The van der Waals surface area contributed by atoms with Crippen molar-refractivity contribution in [3.63, 3.8) is 0 Å². The van der Waals surface area contributed by atoms with Crippen molar-refractivity contribution in [1.29, 1.82) is 0 Å². The van der Waals surface area contributed by atoms with Crippen molar-refractivity contribution in [3.05, 3.63) is 40.1 Å². The van der Waals surface area contributed by atoms with Crippen molar-refractivity contribution in [2.75, 3.05) is 23.8 Å². The summed E-state index contributed by atoms with van der Waals surface area (Å²) >= 11 is 5.07. The molecule has 2 aliphatic rings. The number of hydrogen-bond acceptors (Lipinski definition) is 13. The Morgan fingerprint density at radius 2 is 2.11 bits per heavy atom. The lowest BCUT2D eigenvalue weighted by Gasteiger charge is -2.49. The fraction of sp³-hybridized carbons (Fsp3) is 0.250. The highest BCUT2D eigenvalue weighted by Crippen LogP contribution is 2.46. The van der Waals surface area contributed by atoms with E-state index in [9.17, 15) is 24.7 Å². The first-order chi connectivity index (χ1) is 18.2. The van der Waals surface area contributed by atoms with Crippen molar-refractivity contribution in [1.82, 2.24) is 20.2 Å². The molecule has 9 N–H and O–H groups in total. The SMILES string of the molecule is NC(N)=NCCSc1cnccc1SC1=C(C(=O)O)N2C(=O)[C@@H](NC(=O)/C(=N\O)c3csc(N)n3)[C@@H]2SC1. The number of pyridine rings is 1. The smallest absolute Gasteiger partial charge is 0.353 e. The van der Waals surface area contributed by atoms with E-state index >= 15 is 0 Å². The van der Waals surface area contributed by atoms with Gasteiger partial charge in [-0.3, -0.25) is 24.5 Å². The number of carboxylic acid groups (broad SMARTS) is 1. The van der Waals surface area contributed by atoms with E-state index in [0.717, 1.165) is 26.0 Å². The minimum absolute atomic E-state index is 0.00201.